The Kier molecular flexibility index (Phi) is 9.83. The van der Waals surface area contributed by atoms with Crippen LogP contribution in [0.15, 0.2) is 39.9 Å². The molecule has 1 atom stereocenters. The molecule has 3 amide bonds. The average Bonchev–Trinajstić information content (AvgIpc) is 3.34. The van der Waals surface area contributed by atoms with Gasteiger partial charge in [0.25, 0.3) is 5.91 Å². The van der Waals surface area contributed by atoms with Gasteiger partial charge in [-0.05, 0) is 83.6 Å². The van der Waals surface area contributed by atoms with Crippen molar-refractivity contribution >= 4 is 45.6 Å². The van der Waals surface area contributed by atoms with Gasteiger partial charge in [0.05, 0.1) is 23.9 Å². The Morgan fingerprint density at radius 1 is 1.14 bits per heavy atom. The van der Waals surface area contributed by atoms with Gasteiger partial charge in [-0.2, -0.15) is 5.10 Å². The monoisotopic (exact) mass is 560 g/mol. The summed E-state index contributed by atoms with van der Waals surface area (Å²) in [5, 5.41) is 9.16. The Bertz CT molecular complexity index is 1130. The van der Waals surface area contributed by atoms with Crippen LogP contribution in [0.2, 0.25) is 0 Å². The summed E-state index contributed by atoms with van der Waals surface area (Å²) in [6, 6.07) is 9.07. The van der Waals surface area contributed by atoms with Gasteiger partial charge in [-0.25, -0.2) is 5.43 Å². The predicted octanol–water partition coefficient (Wildman–Crippen LogP) is 2.84. The minimum atomic E-state index is -0.884. The minimum absolute atomic E-state index is 0.0615. The van der Waals surface area contributed by atoms with E-state index in [2.05, 4.69) is 37.1 Å². The molecule has 2 aromatic carbocycles. The predicted molar refractivity (Wildman–Crippen MR) is 138 cm³/mol. The highest BCUT2D eigenvalue weighted by Gasteiger charge is 2.19. The standard InChI is InChI=1S/C25H29BrN4O6/c1-15-7-16(2)9-18(8-15)29-22(31)14-36-23-20(26)10-17(11-21(23)34-3)12-28-30-25(33)24(32)27-13-19-5-4-6-35-19/h7-12,19H,4-6,13-14H2,1-3H3,(H,27,32)(H,29,31)(H,30,33)/b28-12-/t19-/m0/s1. The topological polar surface area (TPSA) is 127 Å². The molecule has 36 heavy (non-hydrogen) atoms. The maximum absolute atomic E-state index is 12.4. The number of ether oxygens (including phenoxy) is 3. The molecule has 1 saturated heterocycles. The van der Waals surface area contributed by atoms with Gasteiger partial charge in [0.15, 0.2) is 18.1 Å². The molecule has 1 heterocycles. The van der Waals surface area contributed by atoms with Crippen molar-refractivity contribution < 1.29 is 28.6 Å². The molecule has 0 spiro atoms. The number of anilines is 1. The minimum Gasteiger partial charge on any atom is -0.493 e. The van der Waals surface area contributed by atoms with Gasteiger partial charge < -0.3 is 24.8 Å². The summed E-state index contributed by atoms with van der Waals surface area (Å²) in [7, 11) is 1.46. The molecule has 0 radical (unpaired) electrons. The van der Waals surface area contributed by atoms with Crippen molar-refractivity contribution in [1.29, 1.82) is 0 Å². The number of rotatable bonds is 9. The van der Waals surface area contributed by atoms with Gasteiger partial charge in [0, 0.05) is 18.8 Å². The molecule has 11 heteroatoms. The smallest absolute Gasteiger partial charge is 0.329 e. The Hall–Kier alpha value is -3.44. The largest absolute Gasteiger partial charge is 0.493 e. The number of nitrogens with zero attached hydrogens (tertiary/aromatic N) is 1. The molecule has 0 aromatic heterocycles. The van der Waals surface area contributed by atoms with Gasteiger partial charge in [0.1, 0.15) is 0 Å². The maximum atomic E-state index is 12.4. The summed E-state index contributed by atoms with van der Waals surface area (Å²) >= 11 is 3.41. The summed E-state index contributed by atoms with van der Waals surface area (Å²) in [5.74, 6) is -1.30. The van der Waals surface area contributed by atoms with Crippen LogP contribution in [0, 0.1) is 13.8 Å². The van der Waals surface area contributed by atoms with Crippen molar-refractivity contribution in [3.8, 4) is 11.5 Å². The van der Waals surface area contributed by atoms with E-state index < -0.39 is 11.8 Å². The number of benzene rings is 2. The number of hydrogen-bond acceptors (Lipinski definition) is 7. The highest BCUT2D eigenvalue weighted by molar-refractivity contribution is 9.10. The lowest BCUT2D eigenvalue weighted by molar-refractivity contribution is -0.139. The maximum Gasteiger partial charge on any atom is 0.329 e. The highest BCUT2D eigenvalue weighted by Crippen LogP contribution is 2.36. The van der Waals surface area contributed by atoms with E-state index in [-0.39, 0.29) is 25.2 Å². The van der Waals surface area contributed by atoms with E-state index in [1.165, 1.54) is 13.3 Å². The van der Waals surface area contributed by atoms with E-state index in [0.717, 1.165) is 24.0 Å². The zero-order chi connectivity index (χ0) is 26.1. The van der Waals surface area contributed by atoms with Crippen LogP contribution in [0.3, 0.4) is 0 Å². The number of amides is 3. The van der Waals surface area contributed by atoms with Gasteiger partial charge in [-0.15, -0.1) is 0 Å². The second kappa shape index (κ2) is 13.0. The van der Waals surface area contributed by atoms with Crippen molar-refractivity contribution in [2.75, 3.05) is 32.2 Å². The number of hydrogen-bond donors (Lipinski definition) is 3. The number of methoxy groups -OCH3 is 1. The third kappa shape index (κ3) is 8.06. The van der Waals surface area contributed by atoms with E-state index >= 15 is 0 Å². The van der Waals surface area contributed by atoms with Crippen LogP contribution in [0.4, 0.5) is 5.69 Å². The first-order valence-corrected chi connectivity index (χ1v) is 12.2. The summed E-state index contributed by atoms with van der Waals surface area (Å²) in [4.78, 5) is 36.2. The molecule has 0 aliphatic carbocycles. The highest BCUT2D eigenvalue weighted by atomic mass is 79.9. The van der Waals surface area contributed by atoms with Crippen molar-refractivity contribution in [2.45, 2.75) is 32.8 Å². The lowest BCUT2D eigenvalue weighted by Crippen LogP contribution is -2.41. The molecule has 0 unspecified atom stereocenters. The van der Waals surface area contributed by atoms with Crippen LogP contribution >= 0.6 is 15.9 Å². The van der Waals surface area contributed by atoms with Crippen molar-refractivity contribution in [3.05, 3.63) is 51.5 Å². The number of halogens is 1. The van der Waals surface area contributed by atoms with Crippen molar-refractivity contribution in [2.24, 2.45) is 5.10 Å². The molecule has 10 nitrogen and oxygen atoms in total. The second-order valence-corrected chi connectivity index (χ2v) is 9.15. The first kappa shape index (κ1) is 27.2. The quantitative estimate of drug-likeness (QED) is 0.246. The lowest BCUT2D eigenvalue weighted by Gasteiger charge is -2.14. The SMILES string of the molecule is COc1cc(/C=N\NC(=O)C(=O)NC[C@@H]2CCCO2)cc(Br)c1OCC(=O)Nc1cc(C)cc(C)c1. The van der Waals surface area contributed by atoms with Crippen LogP contribution in [0.1, 0.15) is 29.5 Å². The second-order valence-electron chi connectivity index (χ2n) is 8.29. The summed E-state index contributed by atoms with van der Waals surface area (Å²) < 4.78 is 17.0. The molecule has 3 N–H and O–H groups in total. The van der Waals surface area contributed by atoms with Crippen LogP contribution in [0.25, 0.3) is 0 Å². The van der Waals surface area contributed by atoms with Gasteiger partial charge in [-0.3, -0.25) is 14.4 Å². The van der Waals surface area contributed by atoms with Gasteiger partial charge in [-0.1, -0.05) is 6.07 Å². The number of nitrogens with one attached hydrogen (secondary N) is 3. The van der Waals surface area contributed by atoms with E-state index in [4.69, 9.17) is 14.2 Å². The van der Waals surface area contributed by atoms with Crippen LogP contribution in [-0.2, 0) is 19.1 Å². The zero-order valence-corrected chi connectivity index (χ0v) is 21.9. The molecule has 1 aliphatic heterocycles. The molecular weight excluding hydrogens is 532 g/mol. The molecule has 0 saturated carbocycles. The zero-order valence-electron chi connectivity index (χ0n) is 20.4. The summed E-state index contributed by atoms with van der Waals surface area (Å²) in [6.07, 6.45) is 3.09. The Balaban J connectivity index is 1.54. The van der Waals surface area contributed by atoms with E-state index in [0.29, 0.717) is 33.8 Å². The Labute approximate surface area is 217 Å². The number of aryl methyl sites for hydroxylation is 2. The molecule has 0 bridgehead atoms. The number of carbonyl (C=O) groups excluding carboxylic acids is 3. The molecule has 1 aliphatic rings. The summed E-state index contributed by atoms with van der Waals surface area (Å²) in [5.41, 5.74) is 5.53. The number of hydrazone groups is 1. The Morgan fingerprint density at radius 2 is 1.89 bits per heavy atom. The molecule has 1 fully saturated rings. The van der Waals surface area contributed by atoms with E-state index in [1.807, 2.05) is 32.0 Å². The molecule has 3 rings (SSSR count). The van der Waals surface area contributed by atoms with Crippen LogP contribution in [0.5, 0.6) is 11.5 Å². The first-order chi connectivity index (χ1) is 17.2. The first-order valence-electron chi connectivity index (χ1n) is 11.4. The molecule has 2 aromatic rings. The van der Waals surface area contributed by atoms with Gasteiger partial charge >= 0.3 is 11.8 Å². The third-order valence-corrected chi connectivity index (χ3v) is 5.79. The molecular formula is C25H29BrN4O6. The van der Waals surface area contributed by atoms with Crippen molar-refractivity contribution in [1.82, 2.24) is 10.7 Å². The fourth-order valence-corrected chi connectivity index (χ4v) is 4.22. The number of carbonyl (C=O) groups is 3. The third-order valence-electron chi connectivity index (χ3n) is 5.21. The normalized spacial score (nSPS) is 14.9. The average molecular weight is 561 g/mol. The molecule has 192 valence electrons. The van der Waals surface area contributed by atoms with Crippen LogP contribution in [-0.4, -0.2) is 56.9 Å². The van der Waals surface area contributed by atoms with Crippen molar-refractivity contribution in [3.63, 3.8) is 0 Å². The fourth-order valence-electron chi connectivity index (χ4n) is 3.64. The van der Waals surface area contributed by atoms with Gasteiger partial charge in [0.2, 0.25) is 0 Å². The van der Waals surface area contributed by atoms with Crippen LogP contribution < -0.4 is 25.5 Å². The lowest BCUT2D eigenvalue weighted by atomic mass is 10.1. The Morgan fingerprint density at radius 3 is 2.56 bits per heavy atom. The summed E-state index contributed by atoms with van der Waals surface area (Å²) in [6.45, 7) is 4.63. The van der Waals surface area contributed by atoms with E-state index in [9.17, 15) is 14.4 Å². The fraction of sp³-hybridized carbons (Fsp3) is 0.360. The van der Waals surface area contributed by atoms with E-state index in [1.54, 1.807) is 12.1 Å².